The van der Waals surface area contributed by atoms with Gasteiger partial charge in [-0.1, -0.05) is 34.1 Å². The van der Waals surface area contributed by atoms with E-state index in [0.29, 0.717) is 0 Å². The van der Waals surface area contributed by atoms with Gasteiger partial charge in [0.15, 0.2) is 0 Å². The molecule has 1 nitrogen and oxygen atoms in total. The minimum Gasteiger partial charge on any atom is -0.313 e. The number of likely N-dealkylation sites (N-methyl/N-ethyl adjacent to an activating group) is 1. The lowest BCUT2D eigenvalue weighted by Gasteiger charge is -2.18. The normalized spacial score (nSPS) is 12.4. The van der Waals surface area contributed by atoms with E-state index in [1.165, 1.54) is 11.6 Å². The molecule has 0 fully saturated rings. The summed E-state index contributed by atoms with van der Waals surface area (Å²) in [5.74, 6) is -0.188. The van der Waals surface area contributed by atoms with Gasteiger partial charge in [0.25, 0.3) is 0 Å². The molecule has 1 unspecified atom stereocenters. The van der Waals surface area contributed by atoms with Crippen LogP contribution in [0, 0.1) is 9.39 Å². The fraction of sp³-hybridized carbons (Fsp3) is 0.200. The molecule has 2 aromatic carbocycles. The molecule has 0 spiro atoms. The molecule has 19 heavy (non-hydrogen) atoms. The SMILES string of the molecule is CNC(Cc1ccc(Br)cc1)c1ccc(F)cc1I. The average Bonchev–Trinajstić information content (AvgIpc) is 2.39. The predicted molar refractivity (Wildman–Crippen MR) is 88.8 cm³/mol. The van der Waals surface area contributed by atoms with Gasteiger partial charge >= 0.3 is 0 Å². The molecule has 0 aliphatic rings. The molecule has 0 radical (unpaired) electrons. The third kappa shape index (κ3) is 4.00. The van der Waals surface area contributed by atoms with E-state index in [2.05, 4.69) is 56.0 Å². The summed E-state index contributed by atoms with van der Waals surface area (Å²) in [4.78, 5) is 0. The Morgan fingerprint density at radius 2 is 1.89 bits per heavy atom. The third-order valence-electron chi connectivity index (χ3n) is 3.04. The molecule has 100 valence electrons. The maximum absolute atomic E-state index is 13.2. The van der Waals surface area contributed by atoms with Crippen molar-refractivity contribution in [2.45, 2.75) is 12.5 Å². The summed E-state index contributed by atoms with van der Waals surface area (Å²) in [7, 11) is 1.93. The first-order valence-corrected chi connectivity index (χ1v) is 7.84. The van der Waals surface area contributed by atoms with E-state index in [0.717, 1.165) is 20.0 Å². The Balaban J connectivity index is 2.22. The quantitative estimate of drug-likeness (QED) is 0.689. The molecule has 0 aromatic heterocycles. The second-order valence-corrected chi connectivity index (χ2v) is 6.42. The van der Waals surface area contributed by atoms with Gasteiger partial charge in [-0.3, -0.25) is 0 Å². The van der Waals surface area contributed by atoms with E-state index < -0.39 is 0 Å². The Bertz CT molecular complexity index is 557. The van der Waals surface area contributed by atoms with Gasteiger partial charge in [-0.2, -0.15) is 0 Å². The maximum Gasteiger partial charge on any atom is 0.124 e. The predicted octanol–water partition coefficient (Wildman–Crippen LogP) is 4.70. The van der Waals surface area contributed by atoms with Crippen LogP contribution in [0.15, 0.2) is 46.9 Å². The fourth-order valence-corrected chi connectivity index (χ4v) is 3.13. The molecule has 2 aromatic rings. The van der Waals surface area contributed by atoms with Crippen molar-refractivity contribution in [1.29, 1.82) is 0 Å². The summed E-state index contributed by atoms with van der Waals surface area (Å²) < 4.78 is 15.2. The number of hydrogen-bond acceptors (Lipinski definition) is 1. The number of halogens is 3. The minimum atomic E-state index is -0.188. The van der Waals surface area contributed by atoms with Gasteiger partial charge in [0.1, 0.15) is 5.82 Å². The van der Waals surface area contributed by atoms with Crippen molar-refractivity contribution in [3.63, 3.8) is 0 Å². The number of nitrogens with one attached hydrogen (secondary N) is 1. The van der Waals surface area contributed by atoms with Crippen molar-refractivity contribution in [1.82, 2.24) is 5.32 Å². The highest BCUT2D eigenvalue weighted by atomic mass is 127. The van der Waals surface area contributed by atoms with Crippen molar-refractivity contribution in [3.8, 4) is 0 Å². The highest BCUT2D eigenvalue weighted by Gasteiger charge is 2.13. The maximum atomic E-state index is 13.2. The Kier molecular flexibility index (Phi) is 5.36. The van der Waals surface area contributed by atoms with Crippen LogP contribution in [0.25, 0.3) is 0 Å². The Hall–Kier alpha value is -0.460. The Morgan fingerprint density at radius 3 is 2.47 bits per heavy atom. The number of rotatable bonds is 4. The molecule has 0 amide bonds. The molecule has 0 heterocycles. The van der Waals surface area contributed by atoms with Crippen LogP contribution < -0.4 is 5.32 Å². The van der Waals surface area contributed by atoms with Crippen molar-refractivity contribution < 1.29 is 4.39 Å². The second-order valence-electron chi connectivity index (χ2n) is 4.34. The lowest BCUT2D eigenvalue weighted by Crippen LogP contribution is -2.20. The van der Waals surface area contributed by atoms with Crippen LogP contribution in [-0.4, -0.2) is 7.05 Å². The van der Waals surface area contributed by atoms with E-state index in [1.54, 1.807) is 6.07 Å². The van der Waals surface area contributed by atoms with Crippen molar-refractivity contribution in [2.24, 2.45) is 0 Å². The van der Waals surface area contributed by atoms with Crippen LogP contribution in [0.1, 0.15) is 17.2 Å². The van der Waals surface area contributed by atoms with Crippen molar-refractivity contribution in [2.75, 3.05) is 7.05 Å². The minimum absolute atomic E-state index is 0.188. The van der Waals surface area contributed by atoms with Crippen LogP contribution in [0.4, 0.5) is 4.39 Å². The zero-order valence-electron chi connectivity index (χ0n) is 10.5. The summed E-state index contributed by atoms with van der Waals surface area (Å²) in [6.45, 7) is 0. The zero-order chi connectivity index (χ0) is 13.8. The third-order valence-corrected chi connectivity index (χ3v) is 4.50. The standard InChI is InChI=1S/C15H14BrFIN/c1-19-15(8-10-2-4-11(16)5-3-10)13-7-6-12(17)9-14(13)18/h2-7,9,15,19H,8H2,1H3. The Labute approximate surface area is 134 Å². The largest absolute Gasteiger partial charge is 0.313 e. The molecule has 0 bridgehead atoms. The lowest BCUT2D eigenvalue weighted by atomic mass is 9.99. The molecule has 4 heteroatoms. The topological polar surface area (TPSA) is 12.0 Å². The van der Waals surface area contributed by atoms with Crippen molar-refractivity contribution >= 4 is 38.5 Å². The summed E-state index contributed by atoms with van der Waals surface area (Å²) in [6, 6.07) is 13.4. The summed E-state index contributed by atoms with van der Waals surface area (Å²) in [5.41, 5.74) is 2.38. The van der Waals surface area contributed by atoms with Gasteiger partial charge in [0.2, 0.25) is 0 Å². The molecule has 0 aliphatic heterocycles. The first-order valence-electron chi connectivity index (χ1n) is 5.97. The fourth-order valence-electron chi connectivity index (χ4n) is 2.01. The molecule has 1 N–H and O–H groups in total. The van der Waals surface area contributed by atoms with E-state index in [1.807, 2.05) is 25.2 Å². The van der Waals surface area contributed by atoms with Crippen LogP contribution in [-0.2, 0) is 6.42 Å². The lowest BCUT2D eigenvalue weighted by molar-refractivity contribution is 0.582. The first-order chi connectivity index (χ1) is 9.10. The number of hydrogen-bond donors (Lipinski definition) is 1. The summed E-state index contributed by atoms with van der Waals surface area (Å²) in [5, 5.41) is 3.30. The van der Waals surface area contributed by atoms with E-state index >= 15 is 0 Å². The monoisotopic (exact) mass is 433 g/mol. The highest BCUT2D eigenvalue weighted by molar-refractivity contribution is 14.1. The second kappa shape index (κ2) is 6.81. The number of benzene rings is 2. The van der Waals surface area contributed by atoms with Gasteiger partial charge < -0.3 is 5.32 Å². The van der Waals surface area contributed by atoms with E-state index in [-0.39, 0.29) is 11.9 Å². The molecular weight excluding hydrogens is 420 g/mol. The molecule has 0 saturated heterocycles. The van der Waals surface area contributed by atoms with Crippen LogP contribution >= 0.6 is 38.5 Å². The molecule has 0 aliphatic carbocycles. The van der Waals surface area contributed by atoms with Gasteiger partial charge in [-0.05, 0) is 71.5 Å². The Morgan fingerprint density at radius 1 is 1.21 bits per heavy atom. The van der Waals surface area contributed by atoms with Gasteiger partial charge in [0.05, 0.1) is 0 Å². The molecular formula is C15H14BrFIN. The van der Waals surface area contributed by atoms with E-state index in [9.17, 15) is 4.39 Å². The van der Waals surface area contributed by atoms with E-state index in [4.69, 9.17) is 0 Å². The molecule has 2 rings (SSSR count). The first kappa shape index (κ1) is 14.9. The van der Waals surface area contributed by atoms with Gasteiger partial charge in [0, 0.05) is 14.1 Å². The van der Waals surface area contributed by atoms with Crippen LogP contribution in [0.2, 0.25) is 0 Å². The smallest absolute Gasteiger partial charge is 0.124 e. The van der Waals surface area contributed by atoms with Crippen LogP contribution in [0.3, 0.4) is 0 Å². The van der Waals surface area contributed by atoms with Crippen LogP contribution in [0.5, 0.6) is 0 Å². The van der Waals surface area contributed by atoms with Gasteiger partial charge in [-0.25, -0.2) is 4.39 Å². The molecule has 1 atom stereocenters. The summed E-state index contributed by atoms with van der Waals surface area (Å²) in [6.07, 6.45) is 0.880. The van der Waals surface area contributed by atoms with Crippen molar-refractivity contribution in [3.05, 3.63) is 67.5 Å². The molecule has 0 saturated carbocycles. The zero-order valence-corrected chi connectivity index (χ0v) is 14.2. The van der Waals surface area contributed by atoms with Gasteiger partial charge in [-0.15, -0.1) is 0 Å². The highest BCUT2D eigenvalue weighted by Crippen LogP contribution is 2.24. The average molecular weight is 434 g/mol. The summed E-state index contributed by atoms with van der Waals surface area (Å²) >= 11 is 5.62.